The van der Waals surface area contributed by atoms with Crippen LogP contribution in [-0.4, -0.2) is 22.8 Å². The van der Waals surface area contributed by atoms with E-state index in [2.05, 4.69) is 18.2 Å². The van der Waals surface area contributed by atoms with E-state index < -0.39 is 5.60 Å². The fourth-order valence-corrected chi connectivity index (χ4v) is 3.28. The minimum Gasteiger partial charge on any atom is -0.377 e. The molecule has 1 saturated heterocycles. The molecule has 4 atom stereocenters. The highest BCUT2D eigenvalue weighted by atomic mass is 16.3. The Morgan fingerprint density at radius 1 is 1.43 bits per heavy atom. The second-order valence-electron chi connectivity index (χ2n) is 5.00. The minimum absolute atomic E-state index is 0.331. The lowest BCUT2D eigenvalue weighted by atomic mass is 9.69. The maximum Gasteiger partial charge on any atom is 0.139 e. The molecular weight excluding hydrogens is 174 g/mol. The van der Waals surface area contributed by atoms with Gasteiger partial charge in [-0.3, -0.25) is 0 Å². The third-order valence-corrected chi connectivity index (χ3v) is 3.89. The molecule has 0 bridgehead atoms. The Bertz CT molecular complexity index is 258. The molecule has 2 fully saturated rings. The molecule has 3 N–H and O–H groups in total. The van der Waals surface area contributed by atoms with Crippen LogP contribution >= 0.6 is 0 Å². The summed E-state index contributed by atoms with van der Waals surface area (Å²) in [7, 11) is 0. The van der Waals surface area contributed by atoms with Crippen molar-refractivity contribution in [2.24, 2.45) is 5.92 Å². The van der Waals surface area contributed by atoms with Crippen LogP contribution in [0.1, 0.15) is 39.0 Å². The number of piperidine rings is 1. The van der Waals surface area contributed by atoms with E-state index in [1.807, 2.05) is 0 Å². The molecule has 4 unspecified atom stereocenters. The lowest BCUT2D eigenvalue weighted by molar-refractivity contribution is -0.741. The second-order valence-corrected chi connectivity index (χ2v) is 5.00. The minimum atomic E-state index is -0.820. The maximum absolute atomic E-state index is 10.4. The van der Waals surface area contributed by atoms with E-state index in [1.165, 1.54) is 19.3 Å². The number of quaternary nitrogens is 1. The van der Waals surface area contributed by atoms with Crippen molar-refractivity contribution in [3.8, 4) is 12.3 Å². The van der Waals surface area contributed by atoms with Crippen LogP contribution in [0.4, 0.5) is 0 Å². The van der Waals surface area contributed by atoms with Crippen molar-refractivity contribution in [1.29, 1.82) is 0 Å². The highest BCUT2D eigenvalue weighted by Gasteiger charge is 2.48. The molecule has 2 aliphatic rings. The first-order valence-electron chi connectivity index (χ1n) is 5.71. The van der Waals surface area contributed by atoms with Gasteiger partial charge < -0.3 is 10.4 Å². The van der Waals surface area contributed by atoms with Gasteiger partial charge in [-0.05, 0) is 26.2 Å². The first-order valence-corrected chi connectivity index (χ1v) is 5.71. The van der Waals surface area contributed by atoms with Crippen LogP contribution in [0.3, 0.4) is 0 Å². The average molecular weight is 194 g/mol. The summed E-state index contributed by atoms with van der Waals surface area (Å²) in [6, 6.07) is 1.03. The molecule has 1 heterocycles. The number of hydrogen-bond acceptors (Lipinski definition) is 1. The summed E-state index contributed by atoms with van der Waals surface area (Å²) in [4.78, 5) is 0. The van der Waals surface area contributed by atoms with Crippen molar-refractivity contribution < 1.29 is 10.4 Å². The SMILES string of the molecule is C#CC1(O)CC(C)[NH2+]C2CCCCC21. The lowest BCUT2D eigenvalue weighted by Crippen LogP contribution is -2.99. The van der Waals surface area contributed by atoms with Gasteiger partial charge in [-0.1, -0.05) is 12.3 Å². The summed E-state index contributed by atoms with van der Waals surface area (Å²) in [6.07, 6.45) is 11.1. The molecule has 14 heavy (non-hydrogen) atoms. The summed E-state index contributed by atoms with van der Waals surface area (Å²) in [5.41, 5.74) is -0.820. The topological polar surface area (TPSA) is 36.8 Å². The molecule has 0 spiro atoms. The number of terminal acetylenes is 1. The Kier molecular flexibility index (Phi) is 2.55. The molecule has 2 rings (SSSR count). The molecule has 1 aliphatic heterocycles. The van der Waals surface area contributed by atoms with Crippen molar-refractivity contribution in [2.75, 3.05) is 0 Å². The van der Waals surface area contributed by atoms with Gasteiger partial charge in [0.1, 0.15) is 5.60 Å². The van der Waals surface area contributed by atoms with E-state index >= 15 is 0 Å². The second kappa shape index (κ2) is 3.56. The van der Waals surface area contributed by atoms with Crippen LogP contribution in [0.2, 0.25) is 0 Å². The first kappa shape index (κ1) is 10.0. The first-order chi connectivity index (χ1) is 6.65. The zero-order valence-electron chi connectivity index (χ0n) is 8.87. The maximum atomic E-state index is 10.4. The highest BCUT2D eigenvalue weighted by molar-refractivity contribution is 5.14. The molecule has 2 heteroatoms. The normalized spacial score (nSPS) is 47.9. The molecule has 2 nitrogen and oxygen atoms in total. The zero-order chi connectivity index (χ0) is 10.2. The monoisotopic (exact) mass is 194 g/mol. The van der Waals surface area contributed by atoms with E-state index in [4.69, 9.17) is 6.42 Å². The molecule has 0 amide bonds. The summed E-state index contributed by atoms with van der Waals surface area (Å²) in [5.74, 6) is 2.98. The van der Waals surface area contributed by atoms with Crippen molar-refractivity contribution in [3.05, 3.63) is 0 Å². The number of nitrogens with two attached hydrogens (primary N) is 1. The van der Waals surface area contributed by atoms with Gasteiger partial charge in [-0.15, -0.1) is 6.42 Å². The zero-order valence-corrected chi connectivity index (χ0v) is 8.87. The van der Waals surface area contributed by atoms with Gasteiger partial charge in [0.05, 0.1) is 18.0 Å². The molecule has 1 aliphatic carbocycles. The number of aliphatic hydroxyl groups is 1. The average Bonchev–Trinajstić information content (AvgIpc) is 2.17. The summed E-state index contributed by atoms with van der Waals surface area (Å²) >= 11 is 0. The van der Waals surface area contributed by atoms with Crippen molar-refractivity contribution in [2.45, 2.75) is 56.7 Å². The Hall–Kier alpha value is -0.520. The molecule has 78 valence electrons. The molecule has 1 saturated carbocycles. The summed E-state index contributed by atoms with van der Waals surface area (Å²) in [5, 5.41) is 12.8. The number of fused-ring (bicyclic) bond motifs is 1. The molecular formula is C12H20NO+. The largest absolute Gasteiger partial charge is 0.377 e. The van der Waals surface area contributed by atoms with Crippen LogP contribution in [0, 0.1) is 18.3 Å². The predicted octanol–water partition coefficient (Wildman–Crippen LogP) is 0.265. The Balaban J connectivity index is 2.20. The van der Waals surface area contributed by atoms with Crippen LogP contribution in [0.5, 0.6) is 0 Å². The van der Waals surface area contributed by atoms with Crippen LogP contribution < -0.4 is 5.32 Å². The van der Waals surface area contributed by atoms with Gasteiger partial charge in [-0.25, -0.2) is 0 Å². The summed E-state index contributed by atoms with van der Waals surface area (Å²) < 4.78 is 0. The van der Waals surface area contributed by atoms with Crippen LogP contribution in [0.25, 0.3) is 0 Å². The Morgan fingerprint density at radius 3 is 2.86 bits per heavy atom. The number of rotatable bonds is 0. The van der Waals surface area contributed by atoms with E-state index in [9.17, 15) is 5.11 Å². The van der Waals surface area contributed by atoms with Crippen molar-refractivity contribution in [3.63, 3.8) is 0 Å². The van der Waals surface area contributed by atoms with Gasteiger partial charge in [0.15, 0.2) is 0 Å². The molecule has 0 aromatic carbocycles. The fourth-order valence-electron chi connectivity index (χ4n) is 3.28. The lowest BCUT2D eigenvalue weighted by Gasteiger charge is -2.44. The van der Waals surface area contributed by atoms with Gasteiger partial charge >= 0.3 is 0 Å². The molecule has 0 radical (unpaired) electrons. The van der Waals surface area contributed by atoms with E-state index in [1.54, 1.807) is 0 Å². The quantitative estimate of drug-likeness (QED) is 0.533. The smallest absolute Gasteiger partial charge is 0.139 e. The van der Waals surface area contributed by atoms with Crippen molar-refractivity contribution >= 4 is 0 Å². The third kappa shape index (κ3) is 1.55. The third-order valence-electron chi connectivity index (χ3n) is 3.89. The Labute approximate surface area is 86.1 Å². The highest BCUT2D eigenvalue weighted by Crippen LogP contribution is 2.36. The van der Waals surface area contributed by atoms with Gasteiger partial charge in [-0.2, -0.15) is 0 Å². The van der Waals surface area contributed by atoms with Gasteiger partial charge in [0, 0.05) is 6.42 Å². The number of hydrogen-bond donors (Lipinski definition) is 2. The van der Waals surface area contributed by atoms with Crippen LogP contribution in [-0.2, 0) is 0 Å². The van der Waals surface area contributed by atoms with Gasteiger partial charge in [0.25, 0.3) is 0 Å². The fraction of sp³-hybridized carbons (Fsp3) is 0.833. The standard InChI is InChI=1S/C12H19NO/c1-3-12(14)8-9(2)13-11-7-5-4-6-10(11)12/h1,9-11,13-14H,4-8H2,2H3/p+1. The van der Waals surface area contributed by atoms with Gasteiger partial charge in [0.2, 0.25) is 0 Å². The van der Waals surface area contributed by atoms with E-state index in [0.717, 1.165) is 12.8 Å². The molecule has 0 aromatic heterocycles. The van der Waals surface area contributed by atoms with E-state index in [0.29, 0.717) is 18.0 Å². The molecule has 0 aromatic rings. The summed E-state index contributed by atoms with van der Waals surface area (Å²) in [6.45, 7) is 2.16. The van der Waals surface area contributed by atoms with Crippen LogP contribution in [0.15, 0.2) is 0 Å². The predicted molar refractivity (Wildman–Crippen MR) is 55.5 cm³/mol. The van der Waals surface area contributed by atoms with E-state index in [-0.39, 0.29) is 0 Å². The Morgan fingerprint density at radius 2 is 2.14 bits per heavy atom. The van der Waals surface area contributed by atoms with Crippen molar-refractivity contribution in [1.82, 2.24) is 0 Å².